The average Bonchev–Trinajstić information content (AvgIpc) is 2.76. The number of carbonyl (C=O) groups is 1. The first-order valence-electron chi connectivity index (χ1n) is 5.62. The van der Waals surface area contributed by atoms with Crippen LogP contribution in [0, 0.1) is 0 Å². The smallest absolute Gasteiger partial charge is 0.270 e. The molecule has 90 valence electrons. The number of nitrogens with one attached hydrogen (secondary N) is 3. The molecule has 0 aromatic carbocycles. The van der Waals surface area contributed by atoms with Gasteiger partial charge >= 0.3 is 0 Å². The molecule has 1 fully saturated rings. The molecule has 6 heteroatoms. The topological polar surface area (TPSA) is 65.5 Å². The molecule has 1 amide bonds. The van der Waals surface area contributed by atoms with Crippen molar-refractivity contribution in [3.05, 3.63) is 0 Å². The summed E-state index contributed by atoms with van der Waals surface area (Å²) in [7, 11) is 0. The molecule has 0 aromatic heterocycles. The molecule has 16 heavy (non-hydrogen) atoms. The molecule has 0 unspecified atom stereocenters. The molecule has 1 heterocycles. The maximum Gasteiger partial charge on any atom is 0.270 e. The average molecular weight is 242 g/mol. The second-order valence-corrected chi connectivity index (χ2v) is 5.29. The summed E-state index contributed by atoms with van der Waals surface area (Å²) in [6.07, 6.45) is 6.81. The van der Waals surface area contributed by atoms with E-state index in [4.69, 9.17) is 0 Å². The van der Waals surface area contributed by atoms with Crippen LogP contribution in [-0.4, -0.2) is 29.0 Å². The fraction of sp³-hybridized carbons (Fsp3) is 0.800. The van der Waals surface area contributed by atoms with Crippen LogP contribution in [0.1, 0.15) is 32.6 Å². The van der Waals surface area contributed by atoms with Crippen molar-refractivity contribution in [3.8, 4) is 0 Å². The highest BCUT2D eigenvalue weighted by atomic mass is 32.2. The van der Waals surface area contributed by atoms with E-state index in [2.05, 4.69) is 21.2 Å². The van der Waals surface area contributed by atoms with Crippen molar-refractivity contribution < 1.29 is 4.79 Å². The molecular weight excluding hydrogens is 224 g/mol. The van der Waals surface area contributed by atoms with Gasteiger partial charge in [-0.25, -0.2) is 0 Å². The van der Waals surface area contributed by atoms with Gasteiger partial charge in [0.05, 0.1) is 0 Å². The lowest BCUT2D eigenvalue weighted by Crippen LogP contribution is -2.69. The third-order valence-corrected chi connectivity index (χ3v) is 3.99. The van der Waals surface area contributed by atoms with E-state index >= 15 is 0 Å². The molecule has 0 saturated heterocycles. The molecule has 1 saturated carbocycles. The highest BCUT2D eigenvalue weighted by molar-refractivity contribution is 7.99. The third-order valence-electron chi connectivity index (χ3n) is 3.07. The van der Waals surface area contributed by atoms with Gasteiger partial charge in [0.25, 0.3) is 5.91 Å². The van der Waals surface area contributed by atoms with Crippen LogP contribution in [-0.2, 0) is 4.79 Å². The summed E-state index contributed by atoms with van der Waals surface area (Å²) in [5.74, 6) is -0.112. The standard InChI is InChI=1S/C10H18N4OS/c1-7-9(15)12-10(16-2,14-13-7)11-8-5-3-4-6-8/h8,11,14H,3-6H2,1-2H3,(H,12,15)/t10-/m0/s1. The summed E-state index contributed by atoms with van der Waals surface area (Å²) in [5, 5.41) is 9.79. The van der Waals surface area contributed by atoms with E-state index in [1.165, 1.54) is 37.4 Å². The SMILES string of the molecule is CS[C@]1(NC2CCCC2)NN=C(C)C(=O)N1. The van der Waals surface area contributed by atoms with Gasteiger partial charge in [0.1, 0.15) is 5.71 Å². The summed E-state index contributed by atoms with van der Waals surface area (Å²) >= 11 is 1.52. The lowest BCUT2D eigenvalue weighted by Gasteiger charge is -2.38. The van der Waals surface area contributed by atoms with Crippen molar-refractivity contribution in [1.82, 2.24) is 16.1 Å². The lowest BCUT2D eigenvalue weighted by molar-refractivity contribution is -0.117. The largest absolute Gasteiger partial charge is 0.306 e. The van der Waals surface area contributed by atoms with Crippen molar-refractivity contribution in [3.63, 3.8) is 0 Å². The highest BCUT2D eigenvalue weighted by Crippen LogP contribution is 2.23. The molecule has 0 bridgehead atoms. The minimum Gasteiger partial charge on any atom is -0.306 e. The Morgan fingerprint density at radius 3 is 2.75 bits per heavy atom. The van der Waals surface area contributed by atoms with Gasteiger partial charge in [-0.05, 0) is 26.0 Å². The van der Waals surface area contributed by atoms with E-state index in [0.717, 1.165) is 0 Å². The van der Waals surface area contributed by atoms with Gasteiger partial charge < -0.3 is 5.32 Å². The van der Waals surface area contributed by atoms with E-state index in [9.17, 15) is 4.79 Å². The first kappa shape index (κ1) is 11.7. The van der Waals surface area contributed by atoms with Crippen molar-refractivity contribution in [2.75, 3.05) is 6.26 Å². The van der Waals surface area contributed by atoms with Gasteiger partial charge in [0.2, 0.25) is 5.12 Å². The molecule has 1 aliphatic carbocycles. The minimum absolute atomic E-state index is 0.112. The number of nitrogens with zero attached hydrogens (tertiary/aromatic N) is 1. The predicted octanol–water partition coefficient (Wildman–Crippen LogP) is 0.588. The Morgan fingerprint density at radius 1 is 1.50 bits per heavy atom. The zero-order valence-corrected chi connectivity index (χ0v) is 10.5. The van der Waals surface area contributed by atoms with Gasteiger partial charge in [-0.2, -0.15) is 5.10 Å². The number of carbonyl (C=O) groups excluding carboxylic acids is 1. The lowest BCUT2D eigenvalue weighted by atomic mass is 10.2. The zero-order valence-electron chi connectivity index (χ0n) is 9.67. The van der Waals surface area contributed by atoms with Crippen LogP contribution < -0.4 is 16.1 Å². The molecule has 0 spiro atoms. The number of thioether (sulfide) groups is 1. The van der Waals surface area contributed by atoms with E-state index in [0.29, 0.717) is 11.8 Å². The van der Waals surface area contributed by atoms with Crippen LogP contribution in [0.2, 0.25) is 0 Å². The quantitative estimate of drug-likeness (QED) is 0.634. The molecule has 1 aliphatic heterocycles. The summed E-state index contributed by atoms with van der Waals surface area (Å²) in [6, 6.07) is 0.467. The molecular formula is C10H18N4OS. The second-order valence-electron chi connectivity index (χ2n) is 4.27. The molecule has 3 N–H and O–H groups in total. The Hall–Kier alpha value is -0.750. The van der Waals surface area contributed by atoms with Gasteiger partial charge in [-0.3, -0.25) is 15.5 Å². The Morgan fingerprint density at radius 2 is 2.19 bits per heavy atom. The first-order valence-corrected chi connectivity index (χ1v) is 6.84. The van der Waals surface area contributed by atoms with Crippen LogP contribution >= 0.6 is 11.8 Å². The highest BCUT2D eigenvalue weighted by Gasteiger charge is 2.37. The van der Waals surface area contributed by atoms with Crippen molar-refractivity contribution >= 4 is 23.4 Å². The molecule has 0 aromatic rings. The third kappa shape index (κ3) is 2.32. The van der Waals surface area contributed by atoms with Crippen LogP contribution in [0.5, 0.6) is 0 Å². The summed E-state index contributed by atoms with van der Waals surface area (Å²) in [5.41, 5.74) is 3.47. The normalized spacial score (nSPS) is 30.9. The number of hydrazone groups is 1. The maximum atomic E-state index is 11.6. The van der Waals surface area contributed by atoms with Gasteiger partial charge in [-0.1, -0.05) is 24.6 Å². The van der Waals surface area contributed by atoms with E-state index in [1.54, 1.807) is 6.92 Å². The Labute approximate surface area is 99.8 Å². The Bertz CT molecular complexity index is 314. The van der Waals surface area contributed by atoms with Crippen LogP contribution in [0.15, 0.2) is 5.10 Å². The molecule has 2 rings (SSSR count). The van der Waals surface area contributed by atoms with Crippen molar-refractivity contribution in [2.45, 2.75) is 43.8 Å². The summed E-state index contributed by atoms with van der Waals surface area (Å²) in [6.45, 7) is 1.70. The Kier molecular flexibility index (Phi) is 3.39. The second kappa shape index (κ2) is 4.63. The monoisotopic (exact) mass is 242 g/mol. The number of rotatable bonds is 3. The molecule has 1 atom stereocenters. The van der Waals surface area contributed by atoms with Gasteiger partial charge in [0.15, 0.2) is 0 Å². The fourth-order valence-corrected chi connectivity index (χ4v) is 2.69. The summed E-state index contributed by atoms with van der Waals surface area (Å²) < 4.78 is 0. The van der Waals surface area contributed by atoms with Gasteiger partial charge in [-0.15, -0.1) is 0 Å². The summed E-state index contributed by atoms with van der Waals surface area (Å²) in [4.78, 5) is 11.6. The first-order chi connectivity index (χ1) is 7.65. The zero-order chi connectivity index (χ0) is 11.6. The van der Waals surface area contributed by atoms with E-state index in [1.807, 2.05) is 6.26 Å². The van der Waals surface area contributed by atoms with Crippen molar-refractivity contribution in [1.29, 1.82) is 0 Å². The van der Waals surface area contributed by atoms with Crippen molar-refractivity contribution in [2.24, 2.45) is 5.10 Å². The van der Waals surface area contributed by atoms with E-state index in [-0.39, 0.29) is 5.91 Å². The van der Waals surface area contributed by atoms with Crippen LogP contribution in [0.4, 0.5) is 0 Å². The van der Waals surface area contributed by atoms with Crippen LogP contribution in [0.3, 0.4) is 0 Å². The van der Waals surface area contributed by atoms with E-state index < -0.39 is 5.12 Å². The van der Waals surface area contributed by atoms with Crippen LogP contribution in [0.25, 0.3) is 0 Å². The fourth-order valence-electron chi connectivity index (χ4n) is 2.07. The number of hydrogen-bond acceptors (Lipinski definition) is 5. The number of hydrogen-bond donors (Lipinski definition) is 3. The number of amides is 1. The molecule has 5 nitrogen and oxygen atoms in total. The van der Waals surface area contributed by atoms with Gasteiger partial charge in [0, 0.05) is 6.04 Å². The molecule has 0 radical (unpaired) electrons. The minimum atomic E-state index is -0.633. The molecule has 2 aliphatic rings. The Balaban J connectivity index is 2.05. The maximum absolute atomic E-state index is 11.6. The predicted molar refractivity (Wildman–Crippen MR) is 66.0 cm³/mol.